The van der Waals surface area contributed by atoms with Crippen LogP contribution in [-0.4, -0.2) is 52.7 Å². The summed E-state index contributed by atoms with van der Waals surface area (Å²) in [6, 6.07) is 20.6. The lowest BCUT2D eigenvalue weighted by atomic mass is 9.76. The molecule has 216 valence electrons. The molecule has 0 atom stereocenters. The van der Waals surface area contributed by atoms with E-state index in [0.717, 1.165) is 48.4 Å². The molecule has 1 aliphatic rings. The van der Waals surface area contributed by atoms with Crippen LogP contribution in [0.15, 0.2) is 66.9 Å². The van der Waals surface area contributed by atoms with Crippen molar-refractivity contribution in [3.63, 3.8) is 0 Å². The van der Waals surface area contributed by atoms with Crippen molar-refractivity contribution >= 4 is 5.69 Å². The smallest absolute Gasteiger partial charge is 0.168 e. The van der Waals surface area contributed by atoms with Gasteiger partial charge in [-0.3, -0.25) is 9.82 Å². The average Bonchev–Trinajstić information content (AvgIpc) is 3.00. The van der Waals surface area contributed by atoms with Crippen LogP contribution in [0.1, 0.15) is 48.9 Å². The topological polar surface area (TPSA) is 71.5 Å². The van der Waals surface area contributed by atoms with Gasteiger partial charge in [0.15, 0.2) is 5.75 Å². The van der Waals surface area contributed by atoms with Crippen molar-refractivity contribution in [2.24, 2.45) is 0 Å². The van der Waals surface area contributed by atoms with E-state index >= 15 is 0 Å². The largest absolute Gasteiger partial charge is 0.492 e. The number of pyridine rings is 1. The second-order valence-corrected chi connectivity index (χ2v) is 9.87. The number of methoxy groups -OCH3 is 3. The normalized spacial score (nSPS) is 14.6. The summed E-state index contributed by atoms with van der Waals surface area (Å²) in [6.45, 7) is 2.91. The van der Waals surface area contributed by atoms with Gasteiger partial charge in [-0.1, -0.05) is 61.7 Å². The zero-order chi connectivity index (χ0) is 28.0. The Bertz CT molecular complexity index is 1140. The number of benzene rings is 2. The number of aromatic nitrogens is 1. The molecule has 1 saturated carbocycles. The van der Waals surface area contributed by atoms with Crippen LogP contribution in [0.5, 0.6) is 11.5 Å². The molecule has 8 nitrogen and oxygen atoms in total. The first kappa shape index (κ1) is 29.8. The lowest BCUT2D eigenvalue weighted by Crippen LogP contribution is -2.48. The molecule has 1 fully saturated rings. The Morgan fingerprint density at radius 2 is 1.52 bits per heavy atom. The summed E-state index contributed by atoms with van der Waals surface area (Å²) in [5.74, 6) is 1.47. The molecule has 3 aromatic rings. The SMILES string of the molecule is COCCOCCOc1ccc(C2(N(OCc3ccccc3)c3ccnc(COC)c3OC)CCCCC2)cc1. The van der Waals surface area contributed by atoms with E-state index in [0.29, 0.717) is 45.4 Å². The van der Waals surface area contributed by atoms with Gasteiger partial charge in [0.1, 0.15) is 23.7 Å². The van der Waals surface area contributed by atoms with Crippen molar-refractivity contribution in [2.45, 2.75) is 50.9 Å². The molecule has 0 N–H and O–H groups in total. The third kappa shape index (κ3) is 7.52. The maximum atomic E-state index is 6.76. The lowest BCUT2D eigenvalue weighted by molar-refractivity contribution is 0.0190. The summed E-state index contributed by atoms with van der Waals surface area (Å²) < 4.78 is 27.8. The fourth-order valence-electron chi connectivity index (χ4n) is 5.31. The van der Waals surface area contributed by atoms with Crippen LogP contribution in [0, 0.1) is 0 Å². The van der Waals surface area contributed by atoms with Crippen LogP contribution >= 0.6 is 0 Å². The molecule has 0 spiro atoms. The Labute approximate surface area is 238 Å². The third-order valence-electron chi connectivity index (χ3n) is 7.25. The van der Waals surface area contributed by atoms with E-state index in [1.807, 2.05) is 36.4 Å². The number of hydrogen-bond donors (Lipinski definition) is 0. The van der Waals surface area contributed by atoms with Crippen LogP contribution in [0.2, 0.25) is 0 Å². The second-order valence-electron chi connectivity index (χ2n) is 9.87. The molecule has 40 heavy (non-hydrogen) atoms. The maximum absolute atomic E-state index is 6.76. The average molecular weight is 551 g/mol. The fraction of sp³-hybridized carbons (Fsp3) is 0.469. The van der Waals surface area contributed by atoms with E-state index in [4.69, 9.17) is 28.5 Å². The molecule has 1 heterocycles. The van der Waals surface area contributed by atoms with Gasteiger partial charge < -0.3 is 23.7 Å². The van der Waals surface area contributed by atoms with Gasteiger partial charge >= 0.3 is 0 Å². The van der Waals surface area contributed by atoms with Crippen LogP contribution in [0.4, 0.5) is 5.69 Å². The highest BCUT2D eigenvalue weighted by Gasteiger charge is 2.42. The molecule has 0 amide bonds. The maximum Gasteiger partial charge on any atom is 0.168 e. The third-order valence-corrected chi connectivity index (χ3v) is 7.25. The van der Waals surface area contributed by atoms with Gasteiger partial charge in [0.05, 0.1) is 45.7 Å². The van der Waals surface area contributed by atoms with Crippen LogP contribution < -0.4 is 14.5 Å². The monoisotopic (exact) mass is 550 g/mol. The molecular formula is C32H42N2O6. The van der Waals surface area contributed by atoms with E-state index in [-0.39, 0.29) is 0 Å². The van der Waals surface area contributed by atoms with Gasteiger partial charge in [-0.15, -0.1) is 0 Å². The summed E-state index contributed by atoms with van der Waals surface area (Å²) in [5, 5.41) is 2.08. The highest BCUT2D eigenvalue weighted by molar-refractivity contribution is 5.61. The minimum atomic E-state index is -0.395. The Balaban J connectivity index is 1.66. The van der Waals surface area contributed by atoms with Crippen LogP contribution in [0.25, 0.3) is 0 Å². The van der Waals surface area contributed by atoms with Gasteiger partial charge in [0, 0.05) is 20.4 Å². The molecule has 0 radical (unpaired) electrons. The highest BCUT2D eigenvalue weighted by atomic mass is 16.7. The van der Waals surface area contributed by atoms with Crippen LogP contribution in [0.3, 0.4) is 0 Å². The van der Waals surface area contributed by atoms with Crippen LogP contribution in [-0.2, 0) is 37.8 Å². The first-order valence-electron chi connectivity index (χ1n) is 14.0. The summed E-state index contributed by atoms with van der Waals surface area (Å²) >= 11 is 0. The Morgan fingerprint density at radius 3 is 2.23 bits per heavy atom. The molecule has 2 aromatic carbocycles. The Hall–Kier alpha value is -3.17. The van der Waals surface area contributed by atoms with E-state index in [9.17, 15) is 0 Å². The molecular weight excluding hydrogens is 508 g/mol. The van der Waals surface area contributed by atoms with Gasteiger partial charge in [-0.2, -0.15) is 0 Å². The molecule has 0 bridgehead atoms. The Morgan fingerprint density at radius 1 is 0.775 bits per heavy atom. The first-order valence-corrected chi connectivity index (χ1v) is 14.0. The van der Waals surface area contributed by atoms with Gasteiger partial charge in [-0.05, 0) is 42.2 Å². The zero-order valence-electron chi connectivity index (χ0n) is 24.0. The fourth-order valence-corrected chi connectivity index (χ4v) is 5.31. The molecule has 0 saturated heterocycles. The first-order chi connectivity index (χ1) is 19.7. The van der Waals surface area contributed by atoms with E-state index in [2.05, 4.69) is 34.3 Å². The van der Waals surface area contributed by atoms with Crippen molar-refractivity contribution in [3.8, 4) is 11.5 Å². The van der Waals surface area contributed by atoms with Crippen molar-refractivity contribution in [1.82, 2.24) is 4.98 Å². The number of anilines is 1. The number of ether oxygens (including phenoxy) is 5. The van der Waals surface area contributed by atoms with E-state index < -0.39 is 5.54 Å². The highest BCUT2D eigenvalue weighted by Crippen LogP contribution is 2.48. The van der Waals surface area contributed by atoms with Crippen molar-refractivity contribution in [2.75, 3.05) is 52.8 Å². The van der Waals surface area contributed by atoms with Crippen molar-refractivity contribution < 1.29 is 28.5 Å². The number of hydroxylamine groups is 1. The number of hydrogen-bond acceptors (Lipinski definition) is 8. The summed E-state index contributed by atoms with van der Waals surface area (Å²) in [4.78, 5) is 11.3. The molecule has 4 rings (SSSR count). The zero-order valence-corrected chi connectivity index (χ0v) is 24.0. The summed E-state index contributed by atoms with van der Waals surface area (Å²) in [6.07, 6.45) is 7.08. The van der Waals surface area contributed by atoms with Crippen molar-refractivity contribution in [3.05, 3.63) is 83.7 Å². The molecule has 1 aliphatic carbocycles. The predicted octanol–water partition coefficient (Wildman–Crippen LogP) is 6.08. The lowest BCUT2D eigenvalue weighted by Gasteiger charge is -2.47. The Kier molecular flexibility index (Phi) is 11.6. The van der Waals surface area contributed by atoms with E-state index in [1.54, 1.807) is 27.5 Å². The molecule has 0 aliphatic heterocycles. The van der Waals surface area contributed by atoms with Gasteiger partial charge in [-0.25, -0.2) is 5.06 Å². The quantitative estimate of drug-likeness (QED) is 0.157. The van der Waals surface area contributed by atoms with Gasteiger partial charge in [0.2, 0.25) is 0 Å². The minimum absolute atomic E-state index is 0.345. The second kappa shape index (κ2) is 15.6. The molecule has 1 aromatic heterocycles. The summed E-state index contributed by atoms with van der Waals surface area (Å²) in [5.41, 5.74) is 3.46. The molecule has 0 unspecified atom stereocenters. The summed E-state index contributed by atoms with van der Waals surface area (Å²) in [7, 11) is 5.00. The molecule has 8 heteroatoms. The van der Waals surface area contributed by atoms with Crippen molar-refractivity contribution in [1.29, 1.82) is 0 Å². The number of rotatable bonds is 16. The minimum Gasteiger partial charge on any atom is -0.492 e. The standard InChI is InChI=1S/C32H42N2O6/c1-35-20-21-38-22-23-39-28-14-12-27(13-15-28)32(17-8-5-9-18-32)34(40-24-26-10-6-4-7-11-26)30-16-19-33-29(25-36-2)31(30)37-3/h4,6-7,10-16,19H,5,8-9,17-18,20-25H2,1-3H3. The van der Waals surface area contributed by atoms with E-state index in [1.165, 1.54) is 12.0 Å². The number of nitrogens with zero attached hydrogens (tertiary/aromatic N) is 2. The van der Waals surface area contributed by atoms with Gasteiger partial charge in [0.25, 0.3) is 0 Å². The predicted molar refractivity (Wildman–Crippen MR) is 155 cm³/mol.